The summed E-state index contributed by atoms with van der Waals surface area (Å²) in [4.78, 5) is 24.7. The van der Waals surface area contributed by atoms with Gasteiger partial charge in [-0.15, -0.1) is 0 Å². The fraction of sp³-hybridized carbons (Fsp3) is 0.652. The average molecular weight is 467 g/mol. The summed E-state index contributed by atoms with van der Waals surface area (Å²) in [7, 11) is -4.19. The molecule has 1 heterocycles. The third-order valence-corrected chi connectivity index (χ3v) is 10.3. The number of carbonyl (C=O) groups excluding carboxylic acids is 2. The lowest BCUT2D eigenvalue weighted by molar-refractivity contribution is -0.152. The molecule has 4 rings (SSSR count). The second-order valence-corrected chi connectivity index (χ2v) is 11.9. The summed E-state index contributed by atoms with van der Waals surface area (Å²) in [5, 5.41) is 3.03. The van der Waals surface area contributed by atoms with Gasteiger partial charge in [-0.1, -0.05) is 32.9 Å². The van der Waals surface area contributed by atoms with E-state index in [4.69, 9.17) is 4.74 Å². The van der Waals surface area contributed by atoms with Crippen LogP contribution in [0.5, 0.6) is 0 Å². The maximum absolute atomic E-state index is 14.1. The van der Waals surface area contributed by atoms with Gasteiger partial charge in [0.05, 0.1) is 0 Å². The highest BCUT2D eigenvalue weighted by atomic mass is 32.2. The van der Waals surface area contributed by atoms with Gasteiger partial charge < -0.3 is 10.1 Å². The van der Waals surface area contributed by atoms with E-state index in [-0.39, 0.29) is 35.7 Å². The molecule has 3 unspecified atom stereocenters. The Kier molecular flexibility index (Phi) is 5.86. The molecular weight excluding hydrogens is 435 g/mol. The number of benzene rings is 1. The first-order valence-electron chi connectivity index (χ1n) is 11.2. The number of sulfonamides is 1. The van der Waals surface area contributed by atoms with Crippen LogP contribution in [0, 0.1) is 22.6 Å². The van der Waals surface area contributed by atoms with Crippen LogP contribution in [0.25, 0.3) is 0 Å². The number of hydrogen-bond donors (Lipinski definition) is 1. The van der Waals surface area contributed by atoms with Gasteiger partial charge in [-0.3, -0.25) is 9.59 Å². The van der Waals surface area contributed by atoms with E-state index < -0.39 is 39.4 Å². The van der Waals surface area contributed by atoms with Crippen LogP contribution < -0.4 is 5.32 Å². The van der Waals surface area contributed by atoms with E-state index in [9.17, 15) is 22.4 Å². The first kappa shape index (κ1) is 23.2. The summed E-state index contributed by atoms with van der Waals surface area (Å²) < 4.78 is 46.1. The number of fused-ring (bicyclic) bond motifs is 2. The van der Waals surface area contributed by atoms with Crippen LogP contribution in [0.4, 0.5) is 4.39 Å². The van der Waals surface area contributed by atoms with Gasteiger partial charge in [-0.05, 0) is 61.0 Å². The SMILES string of the molecule is CC1(C)C2CCC1(C)C(NC(=O)COC(=O)[C@@H]1CCCN1S(=O)(=O)c1ccccc1F)C2. The minimum absolute atomic E-state index is 0.00736. The number of carbonyl (C=O) groups is 2. The standard InChI is InChI=1S/C23H31FN2O5S/c1-22(2)15-10-11-23(22,3)19(13-15)25-20(27)14-31-21(28)17-8-6-12-26(17)32(29,30)18-9-5-4-7-16(18)24/h4-5,7,9,15,17,19H,6,8,10-14H2,1-3H3,(H,25,27)/t15?,17-,19?,23?/m0/s1. The highest BCUT2D eigenvalue weighted by molar-refractivity contribution is 7.89. The number of rotatable bonds is 6. The van der Waals surface area contributed by atoms with Crippen molar-refractivity contribution in [3.8, 4) is 0 Å². The number of halogens is 1. The van der Waals surface area contributed by atoms with E-state index in [1.165, 1.54) is 24.6 Å². The van der Waals surface area contributed by atoms with Crippen molar-refractivity contribution >= 4 is 21.9 Å². The van der Waals surface area contributed by atoms with Gasteiger partial charge in [0.15, 0.2) is 6.61 Å². The van der Waals surface area contributed by atoms with Crippen LogP contribution in [0.2, 0.25) is 0 Å². The molecule has 32 heavy (non-hydrogen) atoms. The topological polar surface area (TPSA) is 92.8 Å². The van der Waals surface area contributed by atoms with Crippen LogP contribution in [-0.2, 0) is 24.3 Å². The molecule has 1 aromatic carbocycles. The number of hydrogen-bond acceptors (Lipinski definition) is 5. The molecule has 0 aromatic heterocycles. The summed E-state index contributed by atoms with van der Waals surface area (Å²) in [5.41, 5.74) is 0.153. The van der Waals surface area contributed by atoms with Crippen LogP contribution in [0.1, 0.15) is 52.9 Å². The minimum Gasteiger partial charge on any atom is -0.454 e. The van der Waals surface area contributed by atoms with Crippen molar-refractivity contribution in [3.05, 3.63) is 30.1 Å². The van der Waals surface area contributed by atoms with Crippen LogP contribution >= 0.6 is 0 Å². The molecule has 1 aliphatic heterocycles. The van der Waals surface area contributed by atoms with E-state index in [1.54, 1.807) is 0 Å². The fourth-order valence-electron chi connectivity index (χ4n) is 5.93. The lowest BCUT2D eigenvalue weighted by atomic mass is 9.69. The van der Waals surface area contributed by atoms with E-state index >= 15 is 0 Å². The molecule has 4 atom stereocenters. The van der Waals surface area contributed by atoms with Crippen molar-refractivity contribution in [2.24, 2.45) is 16.7 Å². The Morgan fingerprint density at radius 3 is 2.56 bits per heavy atom. The molecule has 1 N–H and O–H groups in total. The third-order valence-electron chi connectivity index (χ3n) is 8.37. The van der Waals surface area contributed by atoms with Gasteiger partial charge >= 0.3 is 5.97 Å². The fourth-order valence-corrected chi connectivity index (χ4v) is 7.65. The number of ether oxygens (including phenoxy) is 1. The molecule has 1 aromatic rings. The first-order valence-corrected chi connectivity index (χ1v) is 12.6. The molecule has 2 bridgehead atoms. The zero-order chi connectivity index (χ0) is 23.3. The van der Waals surface area contributed by atoms with E-state index in [1.807, 2.05) is 0 Å². The maximum atomic E-state index is 14.1. The normalized spacial score (nSPS) is 31.6. The average Bonchev–Trinajstić information content (AvgIpc) is 3.36. The van der Waals surface area contributed by atoms with Gasteiger partial charge in [0.25, 0.3) is 5.91 Å². The van der Waals surface area contributed by atoms with Crippen molar-refractivity contribution in [2.45, 2.75) is 69.9 Å². The van der Waals surface area contributed by atoms with E-state index in [0.717, 1.165) is 23.2 Å². The molecule has 7 nitrogen and oxygen atoms in total. The molecule has 9 heteroatoms. The molecule has 0 spiro atoms. The Balaban J connectivity index is 1.37. The quantitative estimate of drug-likeness (QED) is 0.651. The van der Waals surface area contributed by atoms with Crippen LogP contribution in [0.15, 0.2) is 29.2 Å². The lowest BCUT2D eigenvalue weighted by Crippen LogP contribution is -2.48. The zero-order valence-corrected chi connectivity index (χ0v) is 19.6. The highest BCUT2D eigenvalue weighted by Crippen LogP contribution is 2.65. The number of amides is 1. The Hall–Kier alpha value is -2.00. The van der Waals surface area contributed by atoms with Gasteiger partial charge in [-0.2, -0.15) is 4.31 Å². The molecule has 1 amide bonds. The van der Waals surface area contributed by atoms with Crippen molar-refractivity contribution in [3.63, 3.8) is 0 Å². The minimum atomic E-state index is -4.19. The van der Waals surface area contributed by atoms with Crippen molar-refractivity contribution in [1.82, 2.24) is 9.62 Å². The number of nitrogens with one attached hydrogen (secondary N) is 1. The van der Waals surface area contributed by atoms with E-state index in [0.29, 0.717) is 12.3 Å². The molecule has 3 aliphatic rings. The largest absolute Gasteiger partial charge is 0.454 e. The predicted molar refractivity (Wildman–Crippen MR) is 115 cm³/mol. The molecule has 176 valence electrons. The van der Waals surface area contributed by atoms with Crippen LogP contribution in [-0.4, -0.2) is 49.8 Å². The van der Waals surface area contributed by atoms with Gasteiger partial charge in [0.1, 0.15) is 16.8 Å². The number of nitrogens with zero attached hydrogens (tertiary/aromatic N) is 1. The number of esters is 1. The monoisotopic (exact) mass is 466 g/mol. The second-order valence-electron chi connectivity index (χ2n) is 10.0. The van der Waals surface area contributed by atoms with Gasteiger partial charge in [0.2, 0.25) is 10.0 Å². The summed E-state index contributed by atoms with van der Waals surface area (Å²) in [6, 6.07) is 4.05. The van der Waals surface area contributed by atoms with Crippen molar-refractivity contribution in [1.29, 1.82) is 0 Å². The van der Waals surface area contributed by atoms with Gasteiger partial charge in [0, 0.05) is 12.6 Å². The van der Waals surface area contributed by atoms with Crippen molar-refractivity contribution in [2.75, 3.05) is 13.2 Å². The Morgan fingerprint density at radius 1 is 1.22 bits per heavy atom. The molecule has 3 fully saturated rings. The van der Waals surface area contributed by atoms with E-state index in [2.05, 4.69) is 26.1 Å². The smallest absolute Gasteiger partial charge is 0.324 e. The van der Waals surface area contributed by atoms with Gasteiger partial charge in [-0.25, -0.2) is 12.8 Å². The highest BCUT2D eigenvalue weighted by Gasteiger charge is 2.61. The summed E-state index contributed by atoms with van der Waals surface area (Å²) in [6.45, 7) is 6.35. The molecule has 2 aliphatic carbocycles. The molecular formula is C23H31FN2O5S. The summed E-state index contributed by atoms with van der Waals surface area (Å²) >= 11 is 0. The molecule has 0 radical (unpaired) electrons. The van der Waals surface area contributed by atoms with Crippen molar-refractivity contribution < 1.29 is 27.1 Å². The summed E-state index contributed by atoms with van der Waals surface area (Å²) in [6.07, 6.45) is 3.86. The predicted octanol–water partition coefficient (Wildman–Crippen LogP) is 2.85. The Labute approximate surface area is 188 Å². The first-order chi connectivity index (χ1) is 15.0. The lowest BCUT2D eigenvalue weighted by Gasteiger charge is -2.39. The molecule has 1 saturated heterocycles. The zero-order valence-electron chi connectivity index (χ0n) is 18.8. The Bertz CT molecular complexity index is 1030. The van der Waals surface area contributed by atoms with Crippen LogP contribution in [0.3, 0.4) is 0 Å². The summed E-state index contributed by atoms with van der Waals surface area (Å²) in [5.74, 6) is -1.46. The third kappa shape index (κ3) is 3.63. The second kappa shape index (κ2) is 8.09. The molecule has 2 saturated carbocycles. The maximum Gasteiger partial charge on any atom is 0.324 e. The Morgan fingerprint density at radius 2 is 1.94 bits per heavy atom.